The van der Waals surface area contributed by atoms with Crippen LogP contribution in [0.4, 0.5) is 5.69 Å². The Morgan fingerprint density at radius 2 is 1.89 bits per heavy atom. The number of nitro groups is 1. The van der Waals surface area contributed by atoms with Crippen LogP contribution >= 0.6 is 0 Å². The maximum absolute atomic E-state index is 11.7. The van der Waals surface area contributed by atoms with Crippen molar-refractivity contribution in [3.8, 4) is 11.1 Å². The predicted molar refractivity (Wildman–Crippen MR) is 69.4 cm³/mol. The van der Waals surface area contributed by atoms with E-state index in [0.29, 0.717) is 11.1 Å². The molecule has 1 aromatic heterocycles. The molecule has 0 N–H and O–H groups in total. The second-order valence-corrected chi connectivity index (χ2v) is 5.94. The molecule has 2 rings (SSSR count). The normalized spacial score (nSPS) is 11.2. The van der Waals surface area contributed by atoms with Crippen molar-refractivity contribution < 1.29 is 13.3 Å². The first-order valence-electron chi connectivity index (χ1n) is 5.28. The molecule has 2 aromatic rings. The van der Waals surface area contributed by atoms with Gasteiger partial charge in [-0.2, -0.15) is 0 Å². The smallest absolute Gasteiger partial charge is 0.258 e. The summed E-state index contributed by atoms with van der Waals surface area (Å²) in [5, 5.41) is 10.7. The number of hydrogen-bond acceptors (Lipinski definition) is 5. The van der Waals surface area contributed by atoms with Crippen molar-refractivity contribution in [2.24, 2.45) is 0 Å². The summed E-state index contributed by atoms with van der Waals surface area (Å²) in [5.41, 5.74) is 0.622. The van der Waals surface area contributed by atoms with Gasteiger partial charge in [0, 0.05) is 29.6 Å². The number of sulfone groups is 1. The molecule has 0 aliphatic carbocycles. The molecule has 0 aliphatic heterocycles. The lowest BCUT2D eigenvalue weighted by atomic mass is 10.1. The van der Waals surface area contributed by atoms with Crippen LogP contribution in [0.5, 0.6) is 0 Å². The Labute approximate surface area is 109 Å². The molecular weight excluding hydrogens is 268 g/mol. The molecule has 0 bridgehead atoms. The monoisotopic (exact) mass is 278 g/mol. The number of pyridine rings is 1. The molecular formula is C12H10N2O4S. The fraction of sp³-hybridized carbons (Fsp3) is 0.0833. The summed E-state index contributed by atoms with van der Waals surface area (Å²) in [6.07, 6.45) is 3.61. The van der Waals surface area contributed by atoms with Gasteiger partial charge in [0.2, 0.25) is 0 Å². The molecule has 98 valence electrons. The SMILES string of the molecule is CS(=O)(=O)c1ccccc1-c1cncc([N+](=O)[O-])c1. The molecule has 0 spiro atoms. The molecule has 1 aromatic carbocycles. The Balaban J connectivity index is 2.66. The van der Waals surface area contributed by atoms with Gasteiger partial charge in [-0.05, 0) is 6.07 Å². The lowest BCUT2D eigenvalue weighted by Gasteiger charge is -2.07. The van der Waals surface area contributed by atoms with Gasteiger partial charge in [0.05, 0.1) is 9.82 Å². The summed E-state index contributed by atoms with van der Waals surface area (Å²) in [6, 6.07) is 7.63. The van der Waals surface area contributed by atoms with Gasteiger partial charge < -0.3 is 0 Å². The maximum Gasteiger partial charge on any atom is 0.288 e. The van der Waals surface area contributed by atoms with Gasteiger partial charge in [-0.1, -0.05) is 18.2 Å². The summed E-state index contributed by atoms with van der Waals surface area (Å²) in [7, 11) is -3.41. The van der Waals surface area contributed by atoms with Gasteiger partial charge in [-0.15, -0.1) is 0 Å². The Morgan fingerprint density at radius 1 is 1.21 bits per heavy atom. The number of rotatable bonds is 3. The standard InChI is InChI=1S/C12H10N2O4S/c1-19(17,18)12-5-3-2-4-11(12)9-6-10(14(15)16)8-13-7-9/h2-8H,1H3. The second-order valence-electron chi connectivity index (χ2n) is 3.96. The molecule has 7 heteroatoms. The van der Waals surface area contributed by atoms with Crippen molar-refractivity contribution in [1.29, 1.82) is 0 Å². The van der Waals surface area contributed by atoms with E-state index in [1.807, 2.05) is 0 Å². The van der Waals surface area contributed by atoms with Crippen molar-refractivity contribution in [2.45, 2.75) is 4.90 Å². The minimum absolute atomic E-state index is 0.122. The molecule has 0 fully saturated rings. The molecule has 0 saturated heterocycles. The quantitative estimate of drug-likeness (QED) is 0.633. The maximum atomic E-state index is 11.7. The third-order valence-corrected chi connectivity index (χ3v) is 3.69. The highest BCUT2D eigenvalue weighted by Gasteiger charge is 2.16. The molecule has 0 amide bonds. The van der Waals surface area contributed by atoms with Gasteiger partial charge in [-0.25, -0.2) is 8.42 Å². The fourth-order valence-corrected chi connectivity index (χ4v) is 2.61. The summed E-state index contributed by atoms with van der Waals surface area (Å²) in [6.45, 7) is 0. The van der Waals surface area contributed by atoms with Crippen LogP contribution in [0, 0.1) is 10.1 Å². The fourth-order valence-electron chi connectivity index (χ4n) is 1.70. The van der Waals surface area contributed by atoms with Crippen LogP contribution in [-0.4, -0.2) is 24.6 Å². The van der Waals surface area contributed by atoms with Gasteiger partial charge >= 0.3 is 0 Å². The summed E-state index contributed by atoms with van der Waals surface area (Å²) >= 11 is 0. The molecule has 6 nitrogen and oxygen atoms in total. The van der Waals surface area contributed by atoms with E-state index in [9.17, 15) is 18.5 Å². The lowest BCUT2D eigenvalue weighted by Crippen LogP contribution is -2.00. The van der Waals surface area contributed by atoms with Gasteiger partial charge in [0.1, 0.15) is 6.20 Å². The van der Waals surface area contributed by atoms with Crippen LogP contribution in [0.15, 0.2) is 47.6 Å². The van der Waals surface area contributed by atoms with Crippen LogP contribution in [0.3, 0.4) is 0 Å². The van der Waals surface area contributed by atoms with Crippen LogP contribution in [-0.2, 0) is 9.84 Å². The largest absolute Gasteiger partial charge is 0.288 e. The average molecular weight is 278 g/mol. The van der Waals surface area contributed by atoms with E-state index in [2.05, 4.69) is 4.98 Å². The Morgan fingerprint density at radius 3 is 2.53 bits per heavy atom. The first-order chi connectivity index (χ1) is 8.89. The minimum atomic E-state index is -3.41. The van der Waals surface area contributed by atoms with Crippen LogP contribution in [0.25, 0.3) is 11.1 Å². The minimum Gasteiger partial charge on any atom is -0.258 e. The van der Waals surface area contributed by atoms with Crippen molar-refractivity contribution in [1.82, 2.24) is 4.98 Å². The lowest BCUT2D eigenvalue weighted by molar-refractivity contribution is -0.385. The third kappa shape index (κ3) is 2.76. The topological polar surface area (TPSA) is 90.2 Å². The van der Waals surface area contributed by atoms with Crippen molar-refractivity contribution in [3.63, 3.8) is 0 Å². The Kier molecular flexibility index (Phi) is 3.30. The van der Waals surface area contributed by atoms with E-state index in [1.54, 1.807) is 18.2 Å². The predicted octanol–water partition coefficient (Wildman–Crippen LogP) is 2.06. The molecule has 0 unspecified atom stereocenters. The first kappa shape index (κ1) is 13.2. The highest BCUT2D eigenvalue weighted by Crippen LogP contribution is 2.28. The number of aromatic nitrogens is 1. The molecule has 1 heterocycles. The summed E-state index contributed by atoms with van der Waals surface area (Å²) < 4.78 is 23.4. The van der Waals surface area contributed by atoms with E-state index in [-0.39, 0.29) is 10.6 Å². The Bertz CT molecular complexity index is 741. The molecule has 0 aliphatic rings. The van der Waals surface area contributed by atoms with E-state index >= 15 is 0 Å². The molecule has 0 saturated carbocycles. The van der Waals surface area contributed by atoms with Crippen molar-refractivity contribution in [2.75, 3.05) is 6.26 Å². The third-order valence-electron chi connectivity index (χ3n) is 2.53. The summed E-state index contributed by atoms with van der Waals surface area (Å²) in [4.78, 5) is 14.0. The van der Waals surface area contributed by atoms with Gasteiger partial charge in [-0.3, -0.25) is 15.1 Å². The number of nitrogens with zero attached hydrogens (tertiary/aromatic N) is 2. The van der Waals surface area contributed by atoms with Gasteiger partial charge in [0.15, 0.2) is 9.84 Å². The van der Waals surface area contributed by atoms with E-state index in [1.165, 1.54) is 18.3 Å². The van der Waals surface area contributed by atoms with Crippen molar-refractivity contribution in [3.05, 3.63) is 52.8 Å². The zero-order valence-corrected chi connectivity index (χ0v) is 10.8. The Hall–Kier alpha value is -2.28. The number of benzene rings is 1. The van der Waals surface area contributed by atoms with Crippen LogP contribution in [0.1, 0.15) is 0 Å². The molecule has 0 atom stereocenters. The van der Waals surface area contributed by atoms with E-state index in [0.717, 1.165) is 12.5 Å². The average Bonchev–Trinajstić information content (AvgIpc) is 2.38. The van der Waals surface area contributed by atoms with E-state index in [4.69, 9.17) is 0 Å². The van der Waals surface area contributed by atoms with Crippen LogP contribution < -0.4 is 0 Å². The zero-order valence-electron chi connectivity index (χ0n) is 9.98. The highest BCUT2D eigenvalue weighted by atomic mass is 32.2. The highest BCUT2D eigenvalue weighted by molar-refractivity contribution is 7.90. The number of hydrogen-bond donors (Lipinski definition) is 0. The van der Waals surface area contributed by atoms with Crippen molar-refractivity contribution >= 4 is 15.5 Å². The van der Waals surface area contributed by atoms with Gasteiger partial charge in [0.25, 0.3) is 5.69 Å². The summed E-state index contributed by atoms with van der Waals surface area (Å²) in [5.74, 6) is 0. The van der Waals surface area contributed by atoms with E-state index < -0.39 is 14.8 Å². The molecule has 19 heavy (non-hydrogen) atoms. The van der Waals surface area contributed by atoms with Crippen LogP contribution in [0.2, 0.25) is 0 Å². The zero-order chi connectivity index (χ0) is 14.0. The first-order valence-corrected chi connectivity index (χ1v) is 7.17. The molecule has 0 radical (unpaired) electrons. The second kappa shape index (κ2) is 4.77.